The van der Waals surface area contributed by atoms with E-state index in [-0.39, 0.29) is 12.1 Å². The van der Waals surface area contributed by atoms with E-state index in [1.807, 2.05) is 23.1 Å². The molecule has 6 nitrogen and oxygen atoms in total. The summed E-state index contributed by atoms with van der Waals surface area (Å²) in [6.45, 7) is 5.77. The molecule has 140 valence electrons. The Kier molecular flexibility index (Phi) is 5.11. The number of urea groups is 1. The van der Waals surface area contributed by atoms with Gasteiger partial charge in [0.15, 0.2) is 0 Å². The summed E-state index contributed by atoms with van der Waals surface area (Å²) >= 11 is 0. The van der Waals surface area contributed by atoms with Crippen LogP contribution in [0.2, 0.25) is 0 Å². The number of hydrogen-bond donors (Lipinski definition) is 1. The average molecular weight is 356 g/mol. The number of carbonyl (C=O) groups excluding carboxylic acids is 1. The molecule has 1 saturated carbocycles. The van der Waals surface area contributed by atoms with Crippen LogP contribution in [0.5, 0.6) is 0 Å². The molecule has 2 aromatic rings. The van der Waals surface area contributed by atoms with Crippen LogP contribution in [0.3, 0.4) is 0 Å². The fourth-order valence-corrected chi connectivity index (χ4v) is 3.77. The van der Waals surface area contributed by atoms with Crippen LogP contribution in [0.1, 0.15) is 38.4 Å². The third-order valence-corrected chi connectivity index (χ3v) is 5.36. The Morgan fingerprint density at radius 1 is 1.31 bits per heavy atom. The molecule has 4 rings (SSSR count). The number of hydrogen-bond acceptors (Lipinski definition) is 3. The zero-order chi connectivity index (χ0) is 17.9. The molecule has 0 unspecified atom stereocenters. The van der Waals surface area contributed by atoms with Gasteiger partial charge < -0.3 is 19.5 Å². The number of rotatable bonds is 7. The Labute approximate surface area is 154 Å². The van der Waals surface area contributed by atoms with Gasteiger partial charge in [0.1, 0.15) is 5.82 Å². The second-order valence-electron chi connectivity index (χ2n) is 7.40. The van der Waals surface area contributed by atoms with Crippen molar-refractivity contribution >= 4 is 17.1 Å². The first kappa shape index (κ1) is 17.3. The monoisotopic (exact) mass is 356 g/mol. The Morgan fingerprint density at radius 3 is 2.88 bits per heavy atom. The maximum atomic E-state index is 12.8. The van der Waals surface area contributed by atoms with Gasteiger partial charge in [-0.3, -0.25) is 0 Å². The second-order valence-corrected chi connectivity index (χ2v) is 7.40. The fourth-order valence-electron chi connectivity index (χ4n) is 3.77. The van der Waals surface area contributed by atoms with E-state index >= 15 is 0 Å². The number of amides is 2. The third-order valence-electron chi connectivity index (χ3n) is 5.36. The van der Waals surface area contributed by atoms with Crippen molar-refractivity contribution in [2.45, 2.75) is 51.8 Å². The van der Waals surface area contributed by atoms with Gasteiger partial charge in [-0.1, -0.05) is 12.1 Å². The van der Waals surface area contributed by atoms with Gasteiger partial charge in [-0.15, -0.1) is 0 Å². The first-order valence-electron chi connectivity index (χ1n) is 9.83. The zero-order valence-corrected chi connectivity index (χ0v) is 15.5. The summed E-state index contributed by atoms with van der Waals surface area (Å²) in [4.78, 5) is 19.5. The van der Waals surface area contributed by atoms with Crippen molar-refractivity contribution < 1.29 is 9.53 Å². The molecule has 2 aliphatic rings. The summed E-state index contributed by atoms with van der Waals surface area (Å²) in [6, 6.07) is 8.12. The predicted octanol–water partition coefficient (Wildman–Crippen LogP) is 3.16. The summed E-state index contributed by atoms with van der Waals surface area (Å²) < 4.78 is 7.90. The summed E-state index contributed by atoms with van der Waals surface area (Å²) in [7, 11) is 0. The molecule has 2 heterocycles. The Hall–Kier alpha value is -2.08. The van der Waals surface area contributed by atoms with Crippen LogP contribution < -0.4 is 5.32 Å². The third kappa shape index (κ3) is 3.85. The van der Waals surface area contributed by atoms with Gasteiger partial charge in [-0.05, 0) is 50.7 Å². The van der Waals surface area contributed by atoms with Crippen molar-refractivity contribution in [2.75, 3.05) is 19.7 Å². The minimum absolute atomic E-state index is 0.00195. The molecule has 1 N–H and O–H groups in total. The van der Waals surface area contributed by atoms with Crippen molar-refractivity contribution in [1.82, 2.24) is 19.8 Å². The van der Waals surface area contributed by atoms with E-state index < -0.39 is 0 Å². The number of nitrogens with one attached hydrogen (secondary N) is 1. The molecule has 1 aliphatic carbocycles. The van der Waals surface area contributed by atoms with Crippen LogP contribution in [-0.2, 0) is 17.8 Å². The predicted molar refractivity (Wildman–Crippen MR) is 101 cm³/mol. The molecule has 1 aromatic carbocycles. The first-order valence-corrected chi connectivity index (χ1v) is 9.83. The number of aryl methyl sites for hydroxylation is 1. The van der Waals surface area contributed by atoms with Crippen LogP contribution in [0.15, 0.2) is 24.3 Å². The number of carbonyl (C=O) groups is 1. The standard InChI is InChI=1S/C20H28N4O2/c1-2-24-18-8-4-3-7-17(18)22-19(24)12-21-20(25)23(13-15-9-10-15)14-16-6-5-11-26-16/h3-4,7-8,15-16H,2,5-6,9-14H2,1H3,(H,21,25)/t16-/m1/s1. The maximum absolute atomic E-state index is 12.8. The average Bonchev–Trinajstić information content (AvgIpc) is 3.18. The summed E-state index contributed by atoms with van der Waals surface area (Å²) in [5.41, 5.74) is 2.10. The molecule has 1 saturated heterocycles. The molecule has 0 spiro atoms. The van der Waals surface area contributed by atoms with Crippen molar-refractivity contribution in [1.29, 1.82) is 0 Å². The number of nitrogens with zero attached hydrogens (tertiary/aromatic N) is 3. The van der Waals surface area contributed by atoms with Gasteiger partial charge in [0.2, 0.25) is 0 Å². The fraction of sp³-hybridized carbons (Fsp3) is 0.600. The highest BCUT2D eigenvalue weighted by Crippen LogP contribution is 2.30. The lowest BCUT2D eigenvalue weighted by molar-refractivity contribution is 0.0800. The highest BCUT2D eigenvalue weighted by molar-refractivity contribution is 5.77. The van der Waals surface area contributed by atoms with Crippen LogP contribution in [0.4, 0.5) is 4.79 Å². The Bertz CT molecular complexity index is 762. The highest BCUT2D eigenvalue weighted by Gasteiger charge is 2.29. The molecule has 1 aromatic heterocycles. The molecule has 1 aliphatic heterocycles. The van der Waals surface area contributed by atoms with E-state index in [2.05, 4.69) is 22.9 Å². The summed E-state index contributed by atoms with van der Waals surface area (Å²) in [6.07, 6.45) is 4.83. The van der Waals surface area contributed by atoms with Crippen LogP contribution in [0.25, 0.3) is 11.0 Å². The highest BCUT2D eigenvalue weighted by atomic mass is 16.5. The van der Waals surface area contributed by atoms with Gasteiger partial charge in [0, 0.05) is 26.2 Å². The van der Waals surface area contributed by atoms with Gasteiger partial charge in [0.25, 0.3) is 0 Å². The Balaban J connectivity index is 1.42. The number of ether oxygens (including phenoxy) is 1. The van der Waals surface area contributed by atoms with E-state index in [1.54, 1.807) is 0 Å². The Morgan fingerprint density at radius 2 is 2.15 bits per heavy atom. The topological polar surface area (TPSA) is 59.4 Å². The van der Waals surface area contributed by atoms with Crippen molar-refractivity contribution in [3.63, 3.8) is 0 Å². The number of para-hydroxylation sites is 2. The molecule has 6 heteroatoms. The number of aromatic nitrogens is 2. The number of imidazole rings is 1. The minimum Gasteiger partial charge on any atom is -0.376 e. The number of fused-ring (bicyclic) bond motifs is 1. The van der Waals surface area contributed by atoms with Crippen LogP contribution in [0, 0.1) is 5.92 Å². The van der Waals surface area contributed by atoms with Gasteiger partial charge in [-0.25, -0.2) is 9.78 Å². The maximum Gasteiger partial charge on any atom is 0.317 e. The van der Waals surface area contributed by atoms with Crippen molar-refractivity contribution in [3.8, 4) is 0 Å². The second kappa shape index (κ2) is 7.66. The van der Waals surface area contributed by atoms with Crippen molar-refractivity contribution in [2.24, 2.45) is 5.92 Å². The summed E-state index contributed by atoms with van der Waals surface area (Å²) in [5, 5.41) is 3.09. The van der Waals surface area contributed by atoms with E-state index in [1.165, 1.54) is 12.8 Å². The van der Waals surface area contributed by atoms with E-state index in [4.69, 9.17) is 9.72 Å². The lowest BCUT2D eigenvalue weighted by atomic mass is 10.2. The lowest BCUT2D eigenvalue weighted by Crippen LogP contribution is -2.44. The molecular formula is C20H28N4O2. The SMILES string of the molecule is CCn1c(CNC(=O)N(CC2CC2)C[C@H]2CCCO2)nc2ccccc21. The molecule has 2 fully saturated rings. The molecule has 1 atom stereocenters. The smallest absolute Gasteiger partial charge is 0.317 e. The molecular weight excluding hydrogens is 328 g/mol. The van der Waals surface area contributed by atoms with Crippen LogP contribution >= 0.6 is 0 Å². The van der Waals surface area contributed by atoms with Gasteiger partial charge in [-0.2, -0.15) is 0 Å². The van der Waals surface area contributed by atoms with Crippen LogP contribution in [-0.4, -0.2) is 46.3 Å². The normalized spacial score (nSPS) is 19.8. The van der Waals surface area contributed by atoms with Gasteiger partial charge in [0.05, 0.1) is 23.7 Å². The molecule has 26 heavy (non-hydrogen) atoms. The number of benzene rings is 1. The molecule has 2 amide bonds. The van der Waals surface area contributed by atoms with Gasteiger partial charge >= 0.3 is 6.03 Å². The largest absolute Gasteiger partial charge is 0.376 e. The zero-order valence-electron chi connectivity index (χ0n) is 15.5. The summed E-state index contributed by atoms with van der Waals surface area (Å²) in [5.74, 6) is 1.58. The van der Waals surface area contributed by atoms with Crippen molar-refractivity contribution in [3.05, 3.63) is 30.1 Å². The first-order chi connectivity index (χ1) is 12.7. The molecule has 0 radical (unpaired) electrons. The lowest BCUT2D eigenvalue weighted by Gasteiger charge is -2.25. The van der Waals surface area contributed by atoms with E-state index in [9.17, 15) is 4.79 Å². The molecule has 0 bridgehead atoms. The van der Waals surface area contributed by atoms with E-state index in [0.717, 1.165) is 49.4 Å². The van der Waals surface area contributed by atoms with E-state index in [0.29, 0.717) is 19.0 Å². The minimum atomic E-state index is 0.00195. The quantitative estimate of drug-likeness (QED) is 0.829.